The average Bonchev–Trinajstić information content (AvgIpc) is 2.19. The fraction of sp³-hybridized carbons (Fsp3) is 0. The molecule has 1 aliphatic heterocycles. The van der Waals surface area contributed by atoms with Crippen molar-refractivity contribution in [3.63, 3.8) is 0 Å². The highest BCUT2D eigenvalue weighted by molar-refractivity contribution is 6.43. The molecule has 0 bridgehead atoms. The zero-order chi connectivity index (χ0) is 11.9. The van der Waals surface area contributed by atoms with E-state index in [2.05, 4.69) is 10.6 Å². The summed E-state index contributed by atoms with van der Waals surface area (Å²) in [5.41, 5.74) is -0.543. The number of nitrogens with zero attached hydrogens (tertiary/aromatic N) is 2. The summed E-state index contributed by atoms with van der Waals surface area (Å²) in [6.45, 7) is 0. The Morgan fingerprint density at radius 3 is 2.69 bits per heavy atom. The Morgan fingerprint density at radius 1 is 1.38 bits per heavy atom. The first-order chi connectivity index (χ1) is 7.49. The predicted molar refractivity (Wildman–Crippen MR) is 53.5 cm³/mol. The summed E-state index contributed by atoms with van der Waals surface area (Å²) in [5.74, 6) is -2.01. The van der Waals surface area contributed by atoms with Crippen LogP contribution >= 0.6 is 11.6 Å². The Morgan fingerprint density at radius 2 is 2.06 bits per heavy atom. The number of nitro benzene ring substituents is 1. The molecule has 1 aromatic rings. The van der Waals surface area contributed by atoms with Crippen LogP contribution in [0, 0.1) is 10.1 Å². The summed E-state index contributed by atoms with van der Waals surface area (Å²) >= 11 is 5.63. The van der Waals surface area contributed by atoms with Gasteiger partial charge in [0.15, 0.2) is 5.69 Å². The van der Waals surface area contributed by atoms with Crippen molar-refractivity contribution >= 4 is 40.5 Å². The molecule has 0 atom stereocenters. The van der Waals surface area contributed by atoms with Crippen LogP contribution in [0.2, 0.25) is 5.02 Å². The monoisotopic (exact) mass is 240 g/mol. The first-order valence-corrected chi connectivity index (χ1v) is 4.42. The minimum atomic E-state index is -1.07. The van der Waals surface area contributed by atoms with Gasteiger partial charge in [0, 0.05) is 11.1 Å². The molecule has 0 unspecified atom stereocenters. The highest BCUT2D eigenvalue weighted by Gasteiger charge is 2.31. The summed E-state index contributed by atoms with van der Waals surface area (Å²) in [4.78, 5) is 31.9. The number of halogens is 1. The first-order valence-electron chi connectivity index (χ1n) is 4.04. The van der Waals surface area contributed by atoms with Gasteiger partial charge in [0.2, 0.25) is 0 Å². The van der Waals surface area contributed by atoms with E-state index in [9.17, 15) is 19.7 Å². The summed E-state index contributed by atoms with van der Waals surface area (Å²) < 4.78 is 0. The molecule has 1 heterocycles. The van der Waals surface area contributed by atoms with Crippen molar-refractivity contribution in [3.05, 3.63) is 27.3 Å². The molecular weight excluding hydrogens is 238 g/mol. The van der Waals surface area contributed by atoms with E-state index in [1.165, 1.54) is 6.07 Å². The summed E-state index contributed by atoms with van der Waals surface area (Å²) in [7, 11) is 0. The lowest BCUT2D eigenvalue weighted by atomic mass is 10.2. The number of amides is 2. The van der Waals surface area contributed by atoms with Gasteiger partial charge < -0.3 is 5.32 Å². The number of anilines is 1. The van der Waals surface area contributed by atoms with Crippen molar-refractivity contribution in [1.29, 1.82) is 0 Å². The van der Waals surface area contributed by atoms with Gasteiger partial charge in [-0.1, -0.05) is 11.6 Å². The molecule has 1 aromatic carbocycles. The van der Waals surface area contributed by atoms with Crippen LogP contribution in [0.3, 0.4) is 0 Å². The van der Waals surface area contributed by atoms with Crippen molar-refractivity contribution in [3.8, 4) is 0 Å². The molecule has 0 saturated heterocycles. The van der Waals surface area contributed by atoms with Crippen LogP contribution < -0.4 is 10.6 Å². The maximum Gasteiger partial charge on any atom is 0.336 e. The molecule has 0 spiro atoms. The fourth-order valence-electron chi connectivity index (χ4n) is 1.26. The Balaban J connectivity index is 2.63. The molecule has 1 radical (unpaired) electrons. The molecule has 0 aliphatic carbocycles. The van der Waals surface area contributed by atoms with Crippen molar-refractivity contribution < 1.29 is 14.5 Å². The summed E-state index contributed by atoms with van der Waals surface area (Å²) in [6, 6.07) is 2.35. The summed E-state index contributed by atoms with van der Waals surface area (Å²) in [6.07, 6.45) is 0. The highest BCUT2D eigenvalue weighted by atomic mass is 35.5. The van der Waals surface area contributed by atoms with Crippen molar-refractivity contribution in [2.75, 3.05) is 5.32 Å². The van der Waals surface area contributed by atoms with E-state index < -0.39 is 22.4 Å². The molecule has 0 fully saturated rings. The van der Waals surface area contributed by atoms with Crippen molar-refractivity contribution in [1.82, 2.24) is 5.32 Å². The van der Waals surface area contributed by atoms with Crippen LogP contribution in [0.4, 0.5) is 17.1 Å². The second-order valence-corrected chi connectivity index (χ2v) is 3.39. The second-order valence-electron chi connectivity index (χ2n) is 2.95. The lowest BCUT2D eigenvalue weighted by molar-refractivity contribution is -0.384. The van der Waals surface area contributed by atoms with E-state index in [1.807, 2.05) is 0 Å². The number of rotatable bonds is 1. The zero-order valence-corrected chi connectivity index (χ0v) is 8.32. The van der Waals surface area contributed by atoms with E-state index in [0.29, 0.717) is 0 Å². The third-order valence-corrected chi connectivity index (χ3v) is 2.13. The van der Waals surface area contributed by atoms with Crippen LogP contribution in [0.5, 0.6) is 0 Å². The number of nitro groups is 1. The average molecular weight is 241 g/mol. The molecule has 16 heavy (non-hydrogen) atoms. The van der Waals surface area contributed by atoms with Gasteiger partial charge in [0.1, 0.15) is 0 Å². The number of hydrogen-bond donors (Lipinski definition) is 1. The van der Waals surface area contributed by atoms with Gasteiger partial charge in [-0.2, -0.15) is 5.32 Å². The van der Waals surface area contributed by atoms with Gasteiger partial charge in [0.25, 0.3) is 5.69 Å². The Labute approximate surface area is 93.5 Å². The zero-order valence-electron chi connectivity index (χ0n) is 7.56. The molecule has 8 heteroatoms. The highest BCUT2D eigenvalue weighted by Crippen LogP contribution is 2.37. The Bertz CT molecular complexity index is 528. The normalized spacial score (nSPS) is 13.8. The molecule has 1 aliphatic rings. The van der Waals surface area contributed by atoms with Crippen LogP contribution in [0.15, 0.2) is 12.1 Å². The van der Waals surface area contributed by atoms with Crippen molar-refractivity contribution in [2.24, 2.45) is 0 Å². The van der Waals surface area contributed by atoms with Gasteiger partial charge in [-0.3, -0.25) is 19.7 Å². The SMILES string of the molecule is O=C1[N]c2c(cc(Cl)cc2[N+](=O)[O-])NC1=O. The second kappa shape index (κ2) is 3.46. The van der Waals surface area contributed by atoms with Crippen molar-refractivity contribution in [2.45, 2.75) is 0 Å². The third-order valence-electron chi connectivity index (χ3n) is 1.91. The van der Waals surface area contributed by atoms with E-state index in [1.54, 1.807) is 0 Å². The molecular formula is C8H3ClN3O4. The number of benzene rings is 1. The smallest absolute Gasteiger partial charge is 0.315 e. The first kappa shape index (κ1) is 10.4. The van der Waals surface area contributed by atoms with Gasteiger partial charge in [0.05, 0.1) is 10.6 Å². The van der Waals surface area contributed by atoms with Crippen LogP contribution in [-0.4, -0.2) is 16.7 Å². The van der Waals surface area contributed by atoms with Crippen LogP contribution in [-0.2, 0) is 9.59 Å². The quantitative estimate of drug-likeness (QED) is 0.448. The minimum absolute atomic E-state index is 0.0591. The van der Waals surface area contributed by atoms with Gasteiger partial charge in [-0.15, -0.1) is 0 Å². The molecule has 2 amide bonds. The number of carbonyl (C=O) groups excluding carboxylic acids is 2. The van der Waals surface area contributed by atoms with Crippen LogP contribution in [0.1, 0.15) is 0 Å². The predicted octanol–water partition coefficient (Wildman–Crippen LogP) is 0.963. The van der Waals surface area contributed by atoms with Gasteiger partial charge in [-0.25, -0.2) is 0 Å². The minimum Gasteiger partial charge on any atom is -0.315 e. The van der Waals surface area contributed by atoms with Gasteiger partial charge in [-0.05, 0) is 6.07 Å². The van der Waals surface area contributed by atoms with E-state index in [-0.39, 0.29) is 16.4 Å². The lowest BCUT2D eigenvalue weighted by Crippen LogP contribution is -2.33. The molecule has 81 valence electrons. The molecule has 1 N–H and O–H groups in total. The topological polar surface area (TPSA) is 103 Å². The number of nitrogens with one attached hydrogen (secondary N) is 1. The van der Waals surface area contributed by atoms with E-state index in [0.717, 1.165) is 6.07 Å². The molecule has 7 nitrogen and oxygen atoms in total. The summed E-state index contributed by atoms with van der Waals surface area (Å²) in [5, 5.41) is 16.3. The molecule has 2 rings (SSSR count). The van der Waals surface area contributed by atoms with Gasteiger partial charge >= 0.3 is 11.8 Å². The van der Waals surface area contributed by atoms with E-state index >= 15 is 0 Å². The largest absolute Gasteiger partial charge is 0.336 e. The Kier molecular flexibility index (Phi) is 2.24. The van der Waals surface area contributed by atoms with E-state index in [4.69, 9.17) is 11.6 Å². The maximum absolute atomic E-state index is 11.0. The maximum atomic E-state index is 11.0. The fourth-order valence-corrected chi connectivity index (χ4v) is 1.48. The standard InChI is InChI=1S/C8H3ClN3O4/c9-3-1-4-6(5(2-3)12(15)16)11-8(14)7(13)10-4/h1-2H,(H,10,13). The number of fused-ring (bicyclic) bond motifs is 1. The number of hydrogen-bond acceptors (Lipinski definition) is 4. The number of carbonyl (C=O) groups is 2. The Hall–Kier alpha value is -2.15. The molecule has 0 saturated carbocycles. The molecule has 0 aromatic heterocycles. The lowest BCUT2D eigenvalue weighted by Gasteiger charge is -2.14. The van der Waals surface area contributed by atoms with Crippen LogP contribution in [0.25, 0.3) is 0 Å². The third kappa shape index (κ3) is 1.57.